The molecule has 0 bridgehead atoms. The molecule has 0 heterocycles. The maximum Gasteiger partial charge on any atom is 0.248 e. The lowest BCUT2D eigenvalue weighted by atomic mass is 9.85. The van der Waals surface area contributed by atoms with E-state index in [9.17, 15) is 4.79 Å². The summed E-state index contributed by atoms with van der Waals surface area (Å²) >= 11 is 0. The first-order chi connectivity index (χ1) is 9.15. The molecule has 0 spiro atoms. The summed E-state index contributed by atoms with van der Waals surface area (Å²) in [6, 6.07) is 5.99. The number of amides is 1. The highest BCUT2D eigenvalue weighted by Crippen LogP contribution is 2.30. The van der Waals surface area contributed by atoms with Crippen LogP contribution in [0.5, 0.6) is 0 Å². The van der Waals surface area contributed by atoms with Gasteiger partial charge in [-0.25, -0.2) is 0 Å². The van der Waals surface area contributed by atoms with Crippen molar-refractivity contribution in [2.24, 2.45) is 5.73 Å². The largest absolute Gasteiger partial charge is 0.366 e. The second kappa shape index (κ2) is 7.98. The van der Waals surface area contributed by atoms with Gasteiger partial charge in [0.15, 0.2) is 0 Å². The van der Waals surface area contributed by atoms with Gasteiger partial charge in [-0.1, -0.05) is 52.2 Å². The molecule has 19 heavy (non-hydrogen) atoms. The molecule has 0 aliphatic rings. The van der Waals surface area contributed by atoms with Crippen molar-refractivity contribution in [1.82, 2.24) is 0 Å². The zero-order valence-electron chi connectivity index (χ0n) is 12.5. The Morgan fingerprint density at radius 2 is 1.95 bits per heavy atom. The number of carbonyl (C=O) groups excluding carboxylic acids is 1. The van der Waals surface area contributed by atoms with Gasteiger partial charge in [0.2, 0.25) is 5.91 Å². The Balaban J connectivity index is 3.02. The van der Waals surface area contributed by atoms with Crippen LogP contribution in [0.1, 0.15) is 80.3 Å². The third-order valence-corrected chi connectivity index (χ3v) is 3.92. The van der Waals surface area contributed by atoms with Gasteiger partial charge in [0, 0.05) is 5.56 Å². The van der Waals surface area contributed by atoms with Crippen LogP contribution in [0.3, 0.4) is 0 Å². The molecule has 1 aromatic rings. The van der Waals surface area contributed by atoms with E-state index in [2.05, 4.69) is 26.8 Å². The number of hydrogen-bond donors (Lipinski definition) is 1. The quantitative estimate of drug-likeness (QED) is 0.691. The monoisotopic (exact) mass is 261 g/mol. The average molecular weight is 261 g/mol. The third-order valence-electron chi connectivity index (χ3n) is 3.92. The number of primary amides is 1. The highest BCUT2D eigenvalue weighted by atomic mass is 16.1. The fourth-order valence-corrected chi connectivity index (χ4v) is 2.83. The molecule has 0 radical (unpaired) electrons. The highest BCUT2D eigenvalue weighted by Gasteiger charge is 2.17. The highest BCUT2D eigenvalue weighted by molar-refractivity contribution is 5.94. The summed E-state index contributed by atoms with van der Waals surface area (Å²) in [4.78, 5) is 11.5. The van der Waals surface area contributed by atoms with Gasteiger partial charge in [-0.05, 0) is 42.4 Å². The normalized spacial score (nSPS) is 12.4. The van der Waals surface area contributed by atoms with E-state index in [1.807, 2.05) is 12.1 Å². The van der Waals surface area contributed by atoms with Crippen LogP contribution in [-0.4, -0.2) is 5.91 Å². The summed E-state index contributed by atoms with van der Waals surface area (Å²) in [7, 11) is 0. The minimum absolute atomic E-state index is 0.304. The van der Waals surface area contributed by atoms with Gasteiger partial charge in [0.25, 0.3) is 0 Å². The Kier molecular flexibility index (Phi) is 6.61. The van der Waals surface area contributed by atoms with Crippen LogP contribution in [-0.2, 0) is 6.42 Å². The van der Waals surface area contributed by atoms with Crippen LogP contribution in [0, 0.1) is 0 Å². The lowest BCUT2D eigenvalue weighted by Crippen LogP contribution is -2.16. The molecule has 1 amide bonds. The molecule has 0 saturated carbocycles. The van der Waals surface area contributed by atoms with Gasteiger partial charge in [0.05, 0.1) is 0 Å². The predicted molar refractivity (Wildman–Crippen MR) is 81.5 cm³/mol. The molecule has 1 rings (SSSR count). The fourth-order valence-electron chi connectivity index (χ4n) is 2.83. The average Bonchev–Trinajstić information content (AvgIpc) is 2.42. The summed E-state index contributed by atoms with van der Waals surface area (Å²) in [5.41, 5.74) is 8.67. The number of nitrogens with two attached hydrogens (primary N) is 1. The summed E-state index contributed by atoms with van der Waals surface area (Å²) in [5, 5.41) is 0. The number of unbranched alkanes of at least 4 members (excludes halogenated alkanes) is 2. The molecule has 0 fully saturated rings. The Morgan fingerprint density at radius 1 is 1.21 bits per heavy atom. The Hall–Kier alpha value is -1.31. The molecular formula is C17H27NO. The van der Waals surface area contributed by atoms with Crippen molar-refractivity contribution in [3.8, 4) is 0 Å². The van der Waals surface area contributed by atoms with Crippen LogP contribution in [0.2, 0.25) is 0 Å². The first kappa shape index (κ1) is 15.7. The van der Waals surface area contributed by atoms with Crippen molar-refractivity contribution in [2.45, 2.75) is 65.2 Å². The molecular weight excluding hydrogens is 234 g/mol. The van der Waals surface area contributed by atoms with E-state index in [0.29, 0.717) is 11.5 Å². The lowest BCUT2D eigenvalue weighted by Gasteiger charge is -2.20. The number of hydrogen-bond acceptors (Lipinski definition) is 1. The van der Waals surface area contributed by atoms with Gasteiger partial charge in [0.1, 0.15) is 0 Å². The van der Waals surface area contributed by atoms with Gasteiger partial charge < -0.3 is 5.73 Å². The zero-order valence-corrected chi connectivity index (χ0v) is 12.5. The van der Waals surface area contributed by atoms with Crippen LogP contribution in [0.15, 0.2) is 18.2 Å². The number of carbonyl (C=O) groups is 1. The molecule has 0 aliphatic heterocycles. The van der Waals surface area contributed by atoms with Crippen molar-refractivity contribution in [3.05, 3.63) is 34.9 Å². The molecule has 2 N–H and O–H groups in total. The van der Waals surface area contributed by atoms with Crippen LogP contribution in [0.25, 0.3) is 0 Å². The Morgan fingerprint density at radius 3 is 2.47 bits per heavy atom. The van der Waals surface area contributed by atoms with Crippen LogP contribution < -0.4 is 5.73 Å². The lowest BCUT2D eigenvalue weighted by molar-refractivity contribution is 0.0999. The molecule has 1 atom stereocenters. The molecule has 0 aliphatic carbocycles. The maximum atomic E-state index is 11.5. The summed E-state index contributed by atoms with van der Waals surface area (Å²) < 4.78 is 0. The predicted octanol–water partition coefficient (Wildman–Crippen LogP) is 4.42. The molecule has 2 nitrogen and oxygen atoms in total. The molecule has 2 heteroatoms. The van der Waals surface area contributed by atoms with E-state index in [1.165, 1.54) is 31.2 Å². The maximum absolute atomic E-state index is 11.5. The van der Waals surface area contributed by atoms with Crippen molar-refractivity contribution in [3.63, 3.8) is 0 Å². The van der Waals surface area contributed by atoms with E-state index in [-0.39, 0.29) is 5.91 Å². The van der Waals surface area contributed by atoms with E-state index >= 15 is 0 Å². The van der Waals surface area contributed by atoms with E-state index in [0.717, 1.165) is 18.4 Å². The summed E-state index contributed by atoms with van der Waals surface area (Å²) in [6.45, 7) is 6.56. The van der Waals surface area contributed by atoms with Crippen molar-refractivity contribution < 1.29 is 4.79 Å². The molecule has 0 saturated heterocycles. The first-order valence-electron chi connectivity index (χ1n) is 7.57. The van der Waals surface area contributed by atoms with E-state index < -0.39 is 0 Å². The second-order valence-corrected chi connectivity index (χ2v) is 5.19. The SMILES string of the molecule is CCCCCC(CC)c1cccc(C(N)=O)c1CC. The second-order valence-electron chi connectivity index (χ2n) is 5.19. The zero-order chi connectivity index (χ0) is 14.3. The van der Waals surface area contributed by atoms with Gasteiger partial charge >= 0.3 is 0 Å². The summed E-state index contributed by atoms with van der Waals surface area (Å²) in [5.74, 6) is 0.253. The van der Waals surface area contributed by atoms with Gasteiger partial charge in [-0.3, -0.25) is 4.79 Å². The van der Waals surface area contributed by atoms with Gasteiger partial charge in [-0.15, -0.1) is 0 Å². The minimum atomic E-state index is -0.304. The molecule has 0 aromatic heterocycles. The minimum Gasteiger partial charge on any atom is -0.366 e. The van der Waals surface area contributed by atoms with Crippen molar-refractivity contribution in [2.75, 3.05) is 0 Å². The smallest absolute Gasteiger partial charge is 0.248 e. The van der Waals surface area contributed by atoms with Crippen LogP contribution >= 0.6 is 0 Å². The summed E-state index contributed by atoms with van der Waals surface area (Å²) in [6.07, 6.45) is 7.00. The van der Waals surface area contributed by atoms with Crippen LogP contribution in [0.4, 0.5) is 0 Å². The third kappa shape index (κ3) is 4.09. The van der Waals surface area contributed by atoms with Crippen molar-refractivity contribution in [1.29, 1.82) is 0 Å². The number of benzene rings is 1. The van der Waals surface area contributed by atoms with Gasteiger partial charge in [-0.2, -0.15) is 0 Å². The Bertz CT molecular complexity index is 412. The van der Waals surface area contributed by atoms with E-state index in [1.54, 1.807) is 0 Å². The fraction of sp³-hybridized carbons (Fsp3) is 0.588. The first-order valence-corrected chi connectivity index (χ1v) is 7.57. The standard InChI is InChI=1S/C17H27NO/c1-4-7-8-10-13(5-2)15-11-9-12-16(17(18)19)14(15)6-3/h9,11-13H,4-8,10H2,1-3H3,(H2,18,19). The van der Waals surface area contributed by atoms with E-state index in [4.69, 9.17) is 5.73 Å². The Labute approximate surface area is 117 Å². The molecule has 1 unspecified atom stereocenters. The number of rotatable bonds is 8. The topological polar surface area (TPSA) is 43.1 Å². The molecule has 106 valence electrons. The molecule has 1 aromatic carbocycles. The van der Waals surface area contributed by atoms with Crippen molar-refractivity contribution >= 4 is 5.91 Å².